The predicted octanol–water partition coefficient (Wildman–Crippen LogP) is 2.82. The zero-order chi connectivity index (χ0) is 13.5. The molecule has 4 rings (SSSR count). The lowest BCUT2D eigenvalue weighted by Crippen LogP contribution is -2.41. The first-order chi connectivity index (χ1) is 9.85. The number of allylic oxidation sites excluding steroid dienone is 1. The highest BCUT2D eigenvalue weighted by atomic mass is 15.3. The van der Waals surface area contributed by atoms with E-state index in [4.69, 9.17) is 0 Å². The monoisotopic (exact) mass is 266 g/mol. The molecule has 2 aliphatic heterocycles. The van der Waals surface area contributed by atoms with Gasteiger partial charge in [-0.1, -0.05) is 11.6 Å². The Morgan fingerprint density at radius 1 is 1.10 bits per heavy atom. The molecule has 3 heterocycles. The number of nitriles is 1. The van der Waals surface area contributed by atoms with Crippen molar-refractivity contribution < 1.29 is 0 Å². The summed E-state index contributed by atoms with van der Waals surface area (Å²) in [6.45, 7) is 0. The molecule has 20 heavy (non-hydrogen) atoms. The number of hydrogen-bond acceptors (Lipinski definition) is 4. The van der Waals surface area contributed by atoms with Crippen molar-refractivity contribution in [3.8, 4) is 6.07 Å². The lowest BCUT2D eigenvalue weighted by Gasteiger charge is -2.37. The Hall–Kier alpha value is -1.89. The van der Waals surface area contributed by atoms with E-state index < -0.39 is 0 Å². The van der Waals surface area contributed by atoms with E-state index in [0.717, 1.165) is 24.6 Å². The lowest BCUT2D eigenvalue weighted by molar-refractivity contribution is 0.540. The fourth-order valence-corrected chi connectivity index (χ4v) is 3.73. The van der Waals surface area contributed by atoms with E-state index in [0.29, 0.717) is 17.8 Å². The van der Waals surface area contributed by atoms with E-state index >= 15 is 0 Å². The molecule has 2 bridgehead atoms. The van der Waals surface area contributed by atoms with Crippen LogP contribution in [0.15, 0.2) is 24.0 Å². The summed E-state index contributed by atoms with van der Waals surface area (Å²) >= 11 is 0. The third-order valence-corrected chi connectivity index (χ3v) is 4.74. The number of hydrogen-bond donors (Lipinski definition) is 0. The van der Waals surface area contributed by atoms with E-state index in [9.17, 15) is 5.26 Å². The van der Waals surface area contributed by atoms with Gasteiger partial charge in [0.2, 0.25) is 0 Å². The fraction of sp³-hybridized carbons (Fsp3) is 0.562. The smallest absolute Gasteiger partial charge is 0.183 e. The van der Waals surface area contributed by atoms with Gasteiger partial charge in [0.1, 0.15) is 6.07 Å². The second-order valence-electron chi connectivity index (χ2n) is 6.20. The highest BCUT2D eigenvalue weighted by molar-refractivity contribution is 5.53. The molecule has 0 N–H and O–H groups in total. The highest BCUT2D eigenvalue weighted by Gasteiger charge is 2.40. The minimum Gasteiger partial charge on any atom is -0.348 e. The van der Waals surface area contributed by atoms with Crippen molar-refractivity contribution in [2.24, 2.45) is 5.92 Å². The molecule has 0 radical (unpaired) electrons. The molecule has 1 aliphatic carbocycles. The van der Waals surface area contributed by atoms with Gasteiger partial charge >= 0.3 is 0 Å². The van der Waals surface area contributed by atoms with Gasteiger partial charge in [-0.2, -0.15) is 5.26 Å². The van der Waals surface area contributed by atoms with Crippen molar-refractivity contribution in [2.45, 2.75) is 50.6 Å². The van der Waals surface area contributed by atoms with E-state index in [2.05, 4.69) is 27.0 Å². The number of aromatic nitrogens is 2. The van der Waals surface area contributed by atoms with Gasteiger partial charge in [-0.3, -0.25) is 0 Å². The SMILES string of the molecule is N#Cc1nccnc1N1C2CCC1CC(=CC1CC1)C2. The van der Waals surface area contributed by atoms with E-state index in [1.807, 2.05) is 0 Å². The predicted molar refractivity (Wildman–Crippen MR) is 76.1 cm³/mol. The van der Waals surface area contributed by atoms with Crippen molar-refractivity contribution in [1.82, 2.24) is 9.97 Å². The van der Waals surface area contributed by atoms with Crippen molar-refractivity contribution in [3.05, 3.63) is 29.7 Å². The van der Waals surface area contributed by atoms with Crippen LogP contribution in [0.1, 0.15) is 44.2 Å². The Bertz CT molecular complexity index is 581. The molecule has 2 unspecified atom stereocenters. The number of fused-ring (bicyclic) bond motifs is 2. The summed E-state index contributed by atoms with van der Waals surface area (Å²) in [6.07, 6.45) is 13.3. The summed E-state index contributed by atoms with van der Waals surface area (Å²) < 4.78 is 0. The second kappa shape index (κ2) is 4.59. The second-order valence-corrected chi connectivity index (χ2v) is 6.20. The Labute approximate surface area is 119 Å². The third-order valence-electron chi connectivity index (χ3n) is 4.74. The van der Waals surface area contributed by atoms with Crippen LogP contribution in [0.4, 0.5) is 5.82 Å². The molecule has 0 aromatic carbocycles. The van der Waals surface area contributed by atoms with Gasteiger partial charge in [0.25, 0.3) is 0 Å². The van der Waals surface area contributed by atoms with E-state index in [1.54, 1.807) is 18.0 Å². The lowest BCUT2D eigenvalue weighted by atomic mass is 9.95. The standard InChI is InChI=1S/C16H18N4/c17-10-15-16(19-6-5-18-15)20-13-3-4-14(20)9-12(8-13)7-11-1-2-11/h5-7,11,13-14H,1-4,8-9H2. The van der Waals surface area contributed by atoms with Gasteiger partial charge in [0, 0.05) is 24.5 Å². The van der Waals surface area contributed by atoms with Gasteiger partial charge in [-0.05, 0) is 44.4 Å². The first kappa shape index (κ1) is 11.9. The maximum Gasteiger partial charge on any atom is 0.183 e. The molecule has 1 saturated carbocycles. The minimum atomic E-state index is 0.471. The van der Waals surface area contributed by atoms with Crippen LogP contribution in [-0.4, -0.2) is 22.1 Å². The summed E-state index contributed by atoms with van der Waals surface area (Å²) in [4.78, 5) is 11.0. The molecule has 102 valence electrons. The first-order valence-corrected chi connectivity index (χ1v) is 7.54. The molecule has 2 saturated heterocycles. The molecule has 3 fully saturated rings. The molecule has 4 heteroatoms. The van der Waals surface area contributed by atoms with Crippen LogP contribution >= 0.6 is 0 Å². The van der Waals surface area contributed by atoms with Gasteiger partial charge < -0.3 is 4.90 Å². The van der Waals surface area contributed by atoms with E-state index in [1.165, 1.54) is 25.7 Å². The zero-order valence-electron chi connectivity index (χ0n) is 11.5. The molecule has 3 aliphatic rings. The normalized spacial score (nSPS) is 28.4. The summed E-state index contributed by atoms with van der Waals surface area (Å²) in [5.41, 5.74) is 2.11. The molecule has 0 spiro atoms. The van der Waals surface area contributed by atoms with Crippen molar-refractivity contribution in [2.75, 3.05) is 4.90 Å². The van der Waals surface area contributed by atoms with E-state index in [-0.39, 0.29) is 0 Å². The fourth-order valence-electron chi connectivity index (χ4n) is 3.73. The van der Waals surface area contributed by atoms with Crippen molar-refractivity contribution in [3.63, 3.8) is 0 Å². The Morgan fingerprint density at radius 2 is 1.80 bits per heavy atom. The van der Waals surface area contributed by atoms with Gasteiger partial charge in [0.05, 0.1) is 0 Å². The van der Waals surface area contributed by atoms with Gasteiger partial charge in [-0.15, -0.1) is 0 Å². The summed E-state index contributed by atoms with van der Waals surface area (Å²) in [5, 5.41) is 9.23. The summed E-state index contributed by atoms with van der Waals surface area (Å²) in [5.74, 6) is 1.66. The average molecular weight is 266 g/mol. The van der Waals surface area contributed by atoms with Crippen LogP contribution in [0.25, 0.3) is 0 Å². The Kier molecular flexibility index (Phi) is 2.73. The van der Waals surface area contributed by atoms with Crippen LogP contribution in [0.3, 0.4) is 0 Å². The van der Waals surface area contributed by atoms with Crippen LogP contribution in [0.5, 0.6) is 0 Å². The number of nitrogens with zero attached hydrogens (tertiary/aromatic N) is 4. The minimum absolute atomic E-state index is 0.471. The summed E-state index contributed by atoms with van der Waals surface area (Å²) in [7, 11) is 0. The molecular formula is C16H18N4. The molecule has 1 aromatic rings. The largest absolute Gasteiger partial charge is 0.348 e. The quantitative estimate of drug-likeness (QED) is 0.772. The molecule has 0 amide bonds. The molecule has 2 atom stereocenters. The molecule has 1 aromatic heterocycles. The average Bonchev–Trinajstić information content (AvgIpc) is 3.24. The Balaban J connectivity index is 1.63. The maximum absolute atomic E-state index is 9.23. The van der Waals surface area contributed by atoms with Gasteiger partial charge in [0.15, 0.2) is 11.5 Å². The molecular weight excluding hydrogens is 248 g/mol. The van der Waals surface area contributed by atoms with Crippen molar-refractivity contribution >= 4 is 5.82 Å². The Morgan fingerprint density at radius 3 is 2.45 bits per heavy atom. The number of piperidine rings is 1. The van der Waals surface area contributed by atoms with Crippen LogP contribution in [0, 0.1) is 17.2 Å². The number of rotatable bonds is 2. The zero-order valence-corrected chi connectivity index (χ0v) is 11.5. The topological polar surface area (TPSA) is 52.8 Å². The maximum atomic E-state index is 9.23. The number of anilines is 1. The highest BCUT2D eigenvalue weighted by Crippen LogP contribution is 2.43. The summed E-state index contributed by atoms with van der Waals surface area (Å²) in [6, 6.07) is 3.22. The molecule has 4 nitrogen and oxygen atoms in total. The third kappa shape index (κ3) is 1.98. The van der Waals surface area contributed by atoms with Crippen molar-refractivity contribution in [1.29, 1.82) is 5.26 Å². The van der Waals surface area contributed by atoms with Gasteiger partial charge in [-0.25, -0.2) is 9.97 Å². The van der Waals surface area contributed by atoms with Crippen LogP contribution < -0.4 is 4.90 Å². The van der Waals surface area contributed by atoms with Crippen LogP contribution in [0.2, 0.25) is 0 Å². The first-order valence-electron chi connectivity index (χ1n) is 7.54. The van der Waals surface area contributed by atoms with Crippen LogP contribution in [-0.2, 0) is 0 Å².